The summed E-state index contributed by atoms with van der Waals surface area (Å²) < 4.78 is 11.7. The second-order valence-electron chi connectivity index (χ2n) is 7.60. The molecule has 5 rings (SSSR count). The third-order valence-corrected chi connectivity index (χ3v) is 6.53. The van der Waals surface area contributed by atoms with Gasteiger partial charge in [-0.1, -0.05) is 11.6 Å². The molecule has 1 spiro atoms. The van der Waals surface area contributed by atoms with Crippen molar-refractivity contribution in [2.75, 3.05) is 26.3 Å². The normalized spacial score (nSPS) is 36.0. The fourth-order valence-electron chi connectivity index (χ4n) is 5.12. The molecule has 5 nitrogen and oxygen atoms in total. The first-order valence-electron chi connectivity index (χ1n) is 8.97. The molecule has 1 amide bonds. The van der Waals surface area contributed by atoms with Crippen LogP contribution in [0.25, 0.3) is 0 Å². The Balaban J connectivity index is 1.39. The minimum atomic E-state index is -0.505. The number of ketones is 1. The van der Waals surface area contributed by atoms with Crippen LogP contribution in [0.15, 0.2) is 18.2 Å². The first kappa shape index (κ1) is 15.6. The van der Waals surface area contributed by atoms with Crippen molar-refractivity contribution in [2.45, 2.75) is 24.9 Å². The number of nitrogens with zero attached hydrogens (tertiary/aromatic N) is 1. The molecule has 4 aliphatic rings. The van der Waals surface area contributed by atoms with Crippen molar-refractivity contribution in [3.8, 4) is 5.75 Å². The van der Waals surface area contributed by atoms with Crippen LogP contribution >= 0.6 is 11.6 Å². The van der Waals surface area contributed by atoms with E-state index in [1.54, 1.807) is 18.2 Å². The molecule has 132 valence electrons. The van der Waals surface area contributed by atoms with E-state index in [0.29, 0.717) is 55.0 Å². The molecule has 2 aliphatic carbocycles. The number of hydrogen-bond acceptors (Lipinski definition) is 4. The van der Waals surface area contributed by atoms with Gasteiger partial charge in [-0.15, -0.1) is 0 Å². The van der Waals surface area contributed by atoms with Crippen LogP contribution in [0.4, 0.5) is 0 Å². The van der Waals surface area contributed by atoms with E-state index in [2.05, 4.69) is 0 Å². The number of halogens is 1. The van der Waals surface area contributed by atoms with Crippen molar-refractivity contribution < 1.29 is 19.1 Å². The van der Waals surface area contributed by atoms with Crippen LogP contribution in [0, 0.1) is 17.8 Å². The van der Waals surface area contributed by atoms with Crippen molar-refractivity contribution in [1.82, 2.24) is 4.90 Å². The maximum absolute atomic E-state index is 12.9. The van der Waals surface area contributed by atoms with Gasteiger partial charge in [0.2, 0.25) is 5.91 Å². The Bertz CT molecular complexity index is 760. The molecule has 2 saturated carbocycles. The van der Waals surface area contributed by atoms with Gasteiger partial charge in [-0.3, -0.25) is 9.59 Å². The fraction of sp³-hybridized carbons (Fsp3) is 0.579. The molecule has 0 N–H and O–H groups in total. The monoisotopic (exact) mass is 361 g/mol. The van der Waals surface area contributed by atoms with Crippen molar-refractivity contribution in [2.24, 2.45) is 17.8 Å². The number of morpholine rings is 1. The van der Waals surface area contributed by atoms with Gasteiger partial charge in [0, 0.05) is 29.9 Å². The van der Waals surface area contributed by atoms with Crippen LogP contribution in [0.3, 0.4) is 0 Å². The summed E-state index contributed by atoms with van der Waals surface area (Å²) in [5, 5.41) is 0.544. The maximum atomic E-state index is 12.9. The second-order valence-corrected chi connectivity index (χ2v) is 8.04. The lowest BCUT2D eigenvalue weighted by molar-refractivity contribution is -0.138. The summed E-state index contributed by atoms with van der Waals surface area (Å²) in [7, 11) is 0. The SMILES string of the molecule is O=C1C[C@]2(CC[C@H]3[C@@H](C(=O)N4CCOCC4)[C@@H]32)Oc2ccc(Cl)cc21. The Kier molecular flexibility index (Phi) is 3.41. The van der Waals surface area contributed by atoms with Gasteiger partial charge in [0.25, 0.3) is 0 Å². The van der Waals surface area contributed by atoms with Gasteiger partial charge in [0.05, 0.1) is 25.2 Å². The average Bonchev–Trinajstić information content (AvgIpc) is 3.27. The predicted octanol–water partition coefficient (Wildman–Crippen LogP) is 2.56. The number of rotatable bonds is 1. The highest BCUT2D eigenvalue weighted by Gasteiger charge is 2.71. The van der Waals surface area contributed by atoms with Crippen molar-refractivity contribution in [3.05, 3.63) is 28.8 Å². The molecule has 0 radical (unpaired) electrons. The summed E-state index contributed by atoms with van der Waals surface area (Å²) in [6.07, 6.45) is 2.17. The lowest BCUT2D eigenvalue weighted by Gasteiger charge is -2.37. The smallest absolute Gasteiger partial charge is 0.226 e. The molecule has 0 aromatic heterocycles. The van der Waals surface area contributed by atoms with Gasteiger partial charge in [-0.2, -0.15) is 0 Å². The predicted molar refractivity (Wildman–Crippen MR) is 90.9 cm³/mol. The van der Waals surface area contributed by atoms with Crippen molar-refractivity contribution in [1.29, 1.82) is 0 Å². The van der Waals surface area contributed by atoms with E-state index in [9.17, 15) is 9.59 Å². The van der Waals surface area contributed by atoms with E-state index in [4.69, 9.17) is 21.1 Å². The van der Waals surface area contributed by atoms with Gasteiger partial charge < -0.3 is 14.4 Å². The number of hydrogen-bond donors (Lipinski definition) is 0. The van der Waals surface area contributed by atoms with Crippen molar-refractivity contribution in [3.63, 3.8) is 0 Å². The summed E-state index contributed by atoms with van der Waals surface area (Å²) in [4.78, 5) is 27.5. The molecule has 0 bridgehead atoms. The summed E-state index contributed by atoms with van der Waals surface area (Å²) in [5.41, 5.74) is 0.0631. The number of Topliss-reactive ketones (excluding diaryl/α,β-unsaturated/α-hetero) is 1. The Labute approximate surface area is 151 Å². The van der Waals surface area contributed by atoms with Crippen LogP contribution in [-0.2, 0) is 9.53 Å². The molecule has 25 heavy (non-hydrogen) atoms. The van der Waals surface area contributed by atoms with Gasteiger partial charge >= 0.3 is 0 Å². The topological polar surface area (TPSA) is 55.8 Å². The van der Waals surface area contributed by atoms with E-state index in [1.807, 2.05) is 4.90 Å². The van der Waals surface area contributed by atoms with E-state index in [0.717, 1.165) is 12.8 Å². The van der Waals surface area contributed by atoms with Crippen LogP contribution < -0.4 is 4.74 Å². The molecule has 0 unspecified atom stereocenters. The molecule has 4 atom stereocenters. The van der Waals surface area contributed by atoms with Gasteiger partial charge in [0.1, 0.15) is 11.4 Å². The summed E-state index contributed by atoms with van der Waals surface area (Å²) in [6.45, 7) is 2.57. The number of carbonyl (C=O) groups excluding carboxylic acids is 2. The van der Waals surface area contributed by atoms with Gasteiger partial charge in [-0.05, 0) is 37.0 Å². The van der Waals surface area contributed by atoms with Crippen molar-refractivity contribution >= 4 is 23.3 Å². The molecule has 3 fully saturated rings. The average molecular weight is 362 g/mol. The molecule has 6 heteroatoms. The number of ether oxygens (including phenoxy) is 2. The minimum Gasteiger partial charge on any atom is -0.486 e. The standard InChI is InChI=1S/C19H20ClNO4/c20-11-1-2-15-13(9-11)14(22)10-19(25-15)4-3-12-16(17(12)19)18(23)21-5-7-24-8-6-21/h1-2,9,12,16-17H,3-8,10H2/t12-,16+,17+,19-/m0/s1. The van der Waals surface area contributed by atoms with Crippen LogP contribution in [0.1, 0.15) is 29.6 Å². The lowest BCUT2D eigenvalue weighted by atomic mass is 9.84. The van der Waals surface area contributed by atoms with Gasteiger partial charge in [0.15, 0.2) is 5.78 Å². The molecule has 2 aliphatic heterocycles. The second kappa shape index (κ2) is 5.45. The van der Waals surface area contributed by atoms with Crippen LogP contribution in [-0.4, -0.2) is 48.5 Å². The summed E-state index contributed by atoms with van der Waals surface area (Å²) in [5.74, 6) is 1.44. The molecule has 1 saturated heterocycles. The van der Waals surface area contributed by atoms with E-state index in [1.165, 1.54) is 0 Å². The van der Waals surface area contributed by atoms with Gasteiger partial charge in [-0.25, -0.2) is 0 Å². The number of fused-ring (bicyclic) bond motifs is 3. The highest BCUT2D eigenvalue weighted by molar-refractivity contribution is 6.31. The van der Waals surface area contributed by atoms with Crippen LogP contribution in [0.2, 0.25) is 5.02 Å². The number of benzene rings is 1. The van der Waals surface area contributed by atoms with Crippen LogP contribution in [0.5, 0.6) is 5.75 Å². The first-order chi connectivity index (χ1) is 12.1. The van der Waals surface area contributed by atoms with E-state index < -0.39 is 5.60 Å². The molecule has 1 aromatic carbocycles. The minimum absolute atomic E-state index is 0.00787. The Morgan fingerprint density at radius 3 is 2.88 bits per heavy atom. The highest BCUT2D eigenvalue weighted by Crippen LogP contribution is 2.66. The zero-order valence-corrected chi connectivity index (χ0v) is 14.6. The zero-order valence-electron chi connectivity index (χ0n) is 13.9. The number of amides is 1. The zero-order chi connectivity index (χ0) is 17.2. The molecule has 1 aromatic rings. The largest absolute Gasteiger partial charge is 0.486 e. The first-order valence-corrected chi connectivity index (χ1v) is 9.35. The molecular formula is C19H20ClNO4. The molecular weight excluding hydrogens is 342 g/mol. The number of carbonyl (C=O) groups is 2. The molecule has 2 heterocycles. The summed E-state index contributed by atoms with van der Waals surface area (Å²) >= 11 is 6.01. The summed E-state index contributed by atoms with van der Waals surface area (Å²) in [6, 6.07) is 5.22. The fourth-order valence-corrected chi connectivity index (χ4v) is 5.29. The van der Waals surface area contributed by atoms with E-state index in [-0.39, 0.29) is 23.5 Å². The Morgan fingerprint density at radius 1 is 1.28 bits per heavy atom. The third-order valence-electron chi connectivity index (χ3n) is 6.30. The highest BCUT2D eigenvalue weighted by atomic mass is 35.5. The third kappa shape index (κ3) is 2.32. The Morgan fingerprint density at radius 2 is 2.08 bits per heavy atom. The van der Waals surface area contributed by atoms with E-state index >= 15 is 0 Å². The lowest BCUT2D eigenvalue weighted by Crippen LogP contribution is -2.46. The maximum Gasteiger partial charge on any atom is 0.226 e. The Hall–Kier alpha value is -1.59. The quantitative estimate of drug-likeness (QED) is 0.771.